The number of piperazine rings is 1. The zero-order valence-corrected chi connectivity index (χ0v) is 25.3. The fourth-order valence-electron chi connectivity index (χ4n) is 5.40. The van der Waals surface area contributed by atoms with Gasteiger partial charge in [-0.3, -0.25) is 19.8 Å². The van der Waals surface area contributed by atoms with E-state index in [9.17, 15) is 26.8 Å². The molecule has 45 heavy (non-hydrogen) atoms. The summed E-state index contributed by atoms with van der Waals surface area (Å²) in [5.41, 5.74) is 3.16. The van der Waals surface area contributed by atoms with E-state index in [2.05, 4.69) is 40.8 Å². The van der Waals surface area contributed by atoms with Crippen molar-refractivity contribution >= 4 is 39.0 Å². The van der Waals surface area contributed by atoms with Crippen LogP contribution < -0.4 is 15.5 Å². The topological polar surface area (TPSA) is 159 Å². The summed E-state index contributed by atoms with van der Waals surface area (Å²) in [5.74, 6) is -2.98. The van der Waals surface area contributed by atoms with Crippen LogP contribution in [0.1, 0.15) is 37.8 Å². The standard InChI is InChI=1S/C29H31F2N9O4S/c1-17-11-26(36-34-17)29(42)32-25-15-20(39-9-7-38(2)8-10-39)3-4-22(25)28(41)33-27-23-16-40(6-5-24(23)35-37-27)45(43,44)21-13-18(30)12-19(31)14-21/h3-4,11-15H,5-10,16H2,1-2H3,(H,32,42)(H,34,36)(H2,33,35,37,41). The maximum absolute atomic E-state index is 13.8. The van der Waals surface area contributed by atoms with E-state index >= 15 is 0 Å². The van der Waals surface area contributed by atoms with Crippen molar-refractivity contribution in [1.82, 2.24) is 29.6 Å². The van der Waals surface area contributed by atoms with Gasteiger partial charge >= 0.3 is 0 Å². The van der Waals surface area contributed by atoms with E-state index in [-0.39, 0.29) is 42.3 Å². The molecule has 0 saturated carbocycles. The Bertz CT molecular complexity index is 1860. The summed E-state index contributed by atoms with van der Waals surface area (Å²) in [4.78, 5) is 30.6. The number of benzene rings is 2. The summed E-state index contributed by atoms with van der Waals surface area (Å²) >= 11 is 0. The number of nitrogens with zero attached hydrogens (tertiary/aromatic N) is 5. The Morgan fingerprint density at radius 3 is 2.31 bits per heavy atom. The zero-order chi connectivity index (χ0) is 31.9. The van der Waals surface area contributed by atoms with Gasteiger partial charge in [-0.1, -0.05) is 0 Å². The predicted molar refractivity (Wildman–Crippen MR) is 162 cm³/mol. The van der Waals surface area contributed by atoms with Crippen molar-refractivity contribution in [1.29, 1.82) is 0 Å². The molecule has 4 aromatic rings. The minimum Gasteiger partial charge on any atom is -0.369 e. The number of carbonyl (C=O) groups is 2. The second kappa shape index (κ2) is 12.0. The molecule has 2 aliphatic heterocycles. The number of H-pyrrole nitrogens is 2. The molecule has 16 heteroatoms. The molecular formula is C29H31F2N9O4S. The number of fused-ring (bicyclic) bond motifs is 1. The van der Waals surface area contributed by atoms with Gasteiger partial charge in [0.1, 0.15) is 17.3 Å². The van der Waals surface area contributed by atoms with Crippen LogP contribution in [0, 0.1) is 18.6 Å². The number of carbonyl (C=O) groups excluding carboxylic acids is 2. The molecule has 0 unspecified atom stereocenters. The van der Waals surface area contributed by atoms with Gasteiger partial charge in [0.25, 0.3) is 11.8 Å². The molecule has 2 aromatic heterocycles. The molecule has 0 radical (unpaired) electrons. The molecule has 13 nitrogen and oxygen atoms in total. The fourth-order valence-corrected chi connectivity index (χ4v) is 6.85. The van der Waals surface area contributed by atoms with Gasteiger partial charge in [-0.15, -0.1) is 0 Å². The average molecular weight is 640 g/mol. The number of halogens is 2. The number of amides is 2. The smallest absolute Gasteiger partial charge is 0.273 e. The van der Waals surface area contributed by atoms with Crippen LogP contribution in [0.25, 0.3) is 0 Å². The van der Waals surface area contributed by atoms with Crippen molar-refractivity contribution in [2.75, 3.05) is 55.3 Å². The Morgan fingerprint density at radius 1 is 0.889 bits per heavy atom. The maximum Gasteiger partial charge on any atom is 0.273 e. The summed E-state index contributed by atoms with van der Waals surface area (Å²) in [6.07, 6.45) is 0.236. The number of anilines is 3. The Balaban J connectivity index is 1.26. The van der Waals surface area contributed by atoms with Crippen molar-refractivity contribution < 1.29 is 26.8 Å². The van der Waals surface area contributed by atoms with E-state index in [1.165, 1.54) is 0 Å². The molecule has 2 amide bonds. The van der Waals surface area contributed by atoms with Gasteiger partial charge < -0.3 is 20.4 Å². The van der Waals surface area contributed by atoms with E-state index < -0.39 is 38.4 Å². The van der Waals surface area contributed by atoms with Crippen LogP contribution in [-0.4, -0.2) is 89.6 Å². The van der Waals surface area contributed by atoms with Crippen molar-refractivity contribution in [3.8, 4) is 0 Å². The van der Waals surface area contributed by atoms with Crippen LogP contribution in [-0.2, 0) is 23.0 Å². The first kappa shape index (κ1) is 30.4. The van der Waals surface area contributed by atoms with Gasteiger partial charge in [0.15, 0.2) is 5.82 Å². The van der Waals surface area contributed by atoms with E-state index in [1.54, 1.807) is 25.1 Å². The second-order valence-corrected chi connectivity index (χ2v) is 13.0. The summed E-state index contributed by atoms with van der Waals surface area (Å²) in [5, 5.41) is 19.3. The molecule has 1 saturated heterocycles. The number of sulfonamides is 1. The first-order chi connectivity index (χ1) is 21.5. The molecule has 236 valence electrons. The van der Waals surface area contributed by atoms with Gasteiger partial charge in [0.2, 0.25) is 10.0 Å². The number of nitrogens with one attached hydrogen (secondary N) is 4. The van der Waals surface area contributed by atoms with Crippen LogP contribution >= 0.6 is 0 Å². The van der Waals surface area contributed by atoms with Gasteiger partial charge in [-0.25, -0.2) is 17.2 Å². The van der Waals surface area contributed by atoms with E-state index in [4.69, 9.17) is 0 Å². The number of likely N-dealkylation sites (N-methyl/N-ethyl adjacent to an activating group) is 1. The maximum atomic E-state index is 13.8. The quantitative estimate of drug-likeness (QED) is 0.240. The molecule has 0 bridgehead atoms. The van der Waals surface area contributed by atoms with Gasteiger partial charge in [-0.05, 0) is 50.4 Å². The largest absolute Gasteiger partial charge is 0.369 e. The third-order valence-electron chi connectivity index (χ3n) is 7.92. The summed E-state index contributed by atoms with van der Waals surface area (Å²) in [7, 11) is -2.21. The lowest BCUT2D eigenvalue weighted by Gasteiger charge is -2.34. The van der Waals surface area contributed by atoms with Crippen molar-refractivity contribution in [3.05, 3.63) is 82.3 Å². The highest BCUT2D eigenvalue weighted by atomic mass is 32.2. The third kappa shape index (κ3) is 6.29. The SMILES string of the molecule is Cc1cc(C(=O)Nc2cc(N3CCN(C)CC3)ccc2C(=O)Nc2n[nH]c3c2CN(S(=O)(=O)c2cc(F)cc(F)c2)CC3)[nH]n1. The molecule has 6 rings (SSSR count). The summed E-state index contributed by atoms with van der Waals surface area (Å²) in [6.45, 7) is 4.87. The Kier molecular flexibility index (Phi) is 8.11. The minimum absolute atomic E-state index is 0.0417. The van der Waals surface area contributed by atoms with Crippen molar-refractivity contribution in [3.63, 3.8) is 0 Å². The first-order valence-electron chi connectivity index (χ1n) is 14.2. The van der Waals surface area contributed by atoms with Crippen LogP contribution in [0.15, 0.2) is 47.4 Å². The molecular weight excluding hydrogens is 608 g/mol. The lowest BCUT2D eigenvalue weighted by Crippen LogP contribution is -2.44. The molecule has 1 fully saturated rings. The number of hydrogen-bond donors (Lipinski definition) is 4. The molecule has 2 aromatic carbocycles. The number of aromatic amines is 2. The highest BCUT2D eigenvalue weighted by Crippen LogP contribution is 2.31. The highest BCUT2D eigenvalue weighted by molar-refractivity contribution is 7.89. The third-order valence-corrected chi connectivity index (χ3v) is 9.74. The van der Waals surface area contributed by atoms with Crippen LogP contribution in [0.5, 0.6) is 0 Å². The molecule has 2 aliphatic rings. The first-order valence-corrected chi connectivity index (χ1v) is 15.7. The average Bonchev–Trinajstić information content (AvgIpc) is 3.62. The van der Waals surface area contributed by atoms with Crippen molar-refractivity contribution in [2.45, 2.75) is 24.8 Å². The Labute approximate surface area is 257 Å². The van der Waals surface area contributed by atoms with E-state index in [1.807, 2.05) is 13.1 Å². The number of hydrogen-bond acceptors (Lipinski definition) is 8. The molecule has 0 aliphatic carbocycles. The fraction of sp³-hybridized carbons (Fsp3) is 0.310. The van der Waals surface area contributed by atoms with E-state index in [0.717, 1.165) is 48.3 Å². The van der Waals surface area contributed by atoms with Gasteiger partial charge in [0.05, 0.1) is 21.8 Å². The monoisotopic (exact) mass is 639 g/mol. The van der Waals surface area contributed by atoms with E-state index in [0.29, 0.717) is 23.0 Å². The van der Waals surface area contributed by atoms with Crippen LogP contribution in [0.4, 0.5) is 26.0 Å². The predicted octanol–water partition coefficient (Wildman–Crippen LogP) is 2.72. The van der Waals surface area contributed by atoms with Crippen molar-refractivity contribution in [2.24, 2.45) is 0 Å². The van der Waals surface area contributed by atoms with Crippen LogP contribution in [0.3, 0.4) is 0 Å². The van der Waals surface area contributed by atoms with Crippen LogP contribution in [0.2, 0.25) is 0 Å². The Hall–Kier alpha value is -4.67. The number of rotatable bonds is 7. The molecule has 0 atom stereocenters. The lowest BCUT2D eigenvalue weighted by atomic mass is 10.1. The molecule has 4 N–H and O–H groups in total. The van der Waals surface area contributed by atoms with Gasteiger partial charge in [0, 0.05) is 68.7 Å². The number of aromatic nitrogens is 4. The summed E-state index contributed by atoms with van der Waals surface area (Å²) in [6, 6.07) is 8.88. The highest BCUT2D eigenvalue weighted by Gasteiger charge is 2.32. The minimum atomic E-state index is -4.25. The lowest BCUT2D eigenvalue weighted by molar-refractivity contribution is 0.102. The molecule has 4 heterocycles. The number of aryl methyl sites for hydroxylation is 1. The van der Waals surface area contributed by atoms with Gasteiger partial charge in [-0.2, -0.15) is 14.5 Å². The normalized spacial score (nSPS) is 16.0. The molecule has 0 spiro atoms. The summed E-state index contributed by atoms with van der Waals surface area (Å²) < 4.78 is 55.2. The zero-order valence-electron chi connectivity index (χ0n) is 24.5. The Morgan fingerprint density at radius 2 is 1.62 bits per heavy atom. The second-order valence-electron chi connectivity index (χ2n) is 11.1.